The Bertz CT molecular complexity index is 1390. The molecule has 4 rings (SSSR count). The summed E-state index contributed by atoms with van der Waals surface area (Å²) in [6.07, 6.45) is -9.72. The third-order valence-corrected chi connectivity index (χ3v) is 6.89. The first-order valence-electron chi connectivity index (χ1n) is 12.7. The van der Waals surface area contributed by atoms with Crippen LogP contribution in [0.25, 0.3) is 5.65 Å². The number of aromatic nitrogens is 3. The van der Waals surface area contributed by atoms with E-state index >= 15 is 0 Å². The molecule has 0 spiro atoms. The molecule has 8 nitrogen and oxygen atoms in total. The van der Waals surface area contributed by atoms with E-state index in [4.69, 9.17) is 0 Å². The van der Waals surface area contributed by atoms with Gasteiger partial charge in [0, 0.05) is 36.0 Å². The van der Waals surface area contributed by atoms with E-state index < -0.39 is 79.8 Å². The molecule has 0 radical (unpaired) electrons. The van der Waals surface area contributed by atoms with Crippen molar-refractivity contribution in [1.29, 1.82) is 0 Å². The molecule has 2 amide bonds. The lowest BCUT2D eigenvalue weighted by molar-refractivity contribution is -0.145. The van der Waals surface area contributed by atoms with Crippen LogP contribution in [0, 0.1) is 5.92 Å². The largest absolute Gasteiger partial charge is 0.389 e. The molecule has 1 saturated carbocycles. The molecule has 0 aliphatic heterocycles. The maximum Gasteiger partial charge on any atom is 0.389 e. The van der Waals surface area contributed by atoms with Crippen molar-refractivity contribution in [1.82, 2.24) is 25.2 Å². The highest BCUT2D eigenvalue weighted by molar-refractivity contribution is 5.96. The molecule has 1 aromatic carbocycles. The number of carbonyl (C=O) groups is 2. The number of nitrogens with one attached hydrogen (secondary N) is 2. The van der Waals surface area contributed by atoms with E-state index in [2.05, 4.69) is 15.4 Å². The van der Waals surface area contributed by atoms with Gasteiger partial charge < -0.3 is 15.7 Å². The maximum absolute atomic E-state index is 13.9. The average molecular weight is 590 g/mol. The second-order valence-corrected chi connectivity index (χ2v) is 9.88. The Morgan fingerprint density at radius 2 is 1.80 bits per heavy atom. The molecule has 3 N–H and O–H groups in total. The zero-order valence-corrected chi connectivity index (χ0v) is 21.3. The van der Waals surface area contributed by atoms with Crippen LogP contribution in [0.3, 0.4) is 0 Å². The van der Waals surface area contributed by atoms with Crippen LogP contribution in [0.2, 0.25) is 0 Å². The summed E-state index contributed by atoms with van der Waals surface area (Å²) in [6.45, 7) is 0. The fourth-order valence-electron chi connectivity index (χ4n) is 4.71. The number of hydrogen-bond donors (Lipinski definition) is 3. The number of halogens is 7. The monoisotopic (exact) mass is 589 g/mol. The van der Waals surface area contributed by atoms with Gasteiger partial charge in [0.2, 0.25) is 11.8 Å². The summed E-state index contributed by atoms with van der Waals surface area (Å²) in [4.78, 5) is 29.3. The van der Waals surface area contributed by atoms with Crippen molar-refractivity contribution in [3.8, 4) is 0 Å². The number of aliphatic hydroxyl groups is 1. The zero-order valence-electron chi connectivity index (χ0n) is 21.3. The molecule has 2 atom stereocenters. The van der Waals surface area contributed by atoms with E-state index in [0.29, 0.717) is 0 Å². The average Bonchev–Trinajstić information content (AvgIpc) is 3.33. The van der Waals surface area contributed by atoms with Gasteiger partial charge in [-0.05, 0) is 30.9 Å². The van der Waals surface area contributed by atoms with Gasteiger partial charge in [-0.1, -0.05) is 18.2 Å². The standard InChI is InChI=1S/C26H26F7N5O3/c27-22(28)16-3-1-2-4-17(16)24(41)37-21(14-5-8-25(29,30)9-6-14)18-13-38-19(35-18)11-15(12-34-38)23(40)36-20(39)7-10-26(31,32)33/h1-4,11-14,21-23,40H,5-10H2,(H,36,39)(H,37,41)/t21?,23-/m1/s1. The molecular weight excluding hydrogens is 563 g/mol. The zero-order chi connectivity index (χ0) is 29.9. The molecule has 2 heterocycles. The van der Waals surface area contributed by atoms with Gasteiger partial charge in [0.25, 0.3) is 12.3 Å². The van der Waals surface area contributed by atoms with Gasteiger partial charge in [-0.2, -0.15) is 18.3 Å². The van der Waals surface area contributed by atoms with E-state index in [1.165, 1.54) is 35.0 Å². The second kappa shape index (κ2) is 12.0. The Morgan fingerprint density at radius 1 is 1.12 bits per heavy atom. The first kappa shape index (κ1) is 30.2. The lowest BCUT2D eigenvalue weighted by Crippen LogP contribution is -2.37. The first-order chi connectivity index (χ1) is 19.2. The fourth-order valence-corrected chi connectivity index (χ4v) is 4.71. The summed E-state index contributed by atoms with van der Waals surface area (Å²) in [5.74, 6) is -5.27. The van der Waals surface area contributed by atoms with Crippen molar-refractivity contribution in [2.45, 2.75) is 69.3 Å². The van der Waals surface area contributed by atoms with Crippen LogP contribution in [-0.4, -0.2) is 43.6 Å². The maximum atomic E-state index is 13.9. The molecule has 1 fully saturated rings. The molecule has 2 aromatic heterocycles. The Hall–Kier alpha value is -3.75. The Kier molecular flexibility index (Phi) is 8.85. The van der Waals surface area contributed by atoms with Crippen molar-refractivity contribution in [3.05, 3.63) is 65.1 Å². The number of amides is 2. The number of carbonyl (C=O) groups excluding carboxylic acids is 2. The van der Waals surface area contributed by atoms with Crippen LogP contribution in [0.5, 0.6) is 0 Å². The van der Waals surface area contributed by atoms with Crippen LogP contribution in [0.15, 0.2) is 42.7 Å². The van der Waals surface area contributed by atoms with Crippen molar-refractivity contribution in [2.24, 2.45) is 5.92 Å². The van der Waals surface area contributed by atoms with Crippen molar-refractivity contribution in [3.63, 3.8) is 0 Å². The van der Waals surface area contributed by atoms with Gasteiger partial charge >= 0.3 is 6.18 Å². The summed E-state index contributed by atoms with van der Waals surface area (Å²) < 4.78 is 93.2. The molecular formula is C26H26F7N5O3. The third kappa shape index (κ3) is 7.71. The van der Waals surface area contributed by atoms with Crippen molar-refractivity contribution < 1.29 is 45.4 Å². The van der Waals surface area contributed by atoms with E-state index in [9.17, 15) is 45.4 Å². The Morgan fingerprint density at radius 3 is 2.46 bits per heavy atom. The lowest BCUT2D eigenvalue weighted by atomic mass is 9.81. The van der Waals surface area contributed by atoms with E-state index in [1.807, 2.05) is 5.32 Å². The third-order valence-electron chi connectivity index (χ3n) is 6.89. The molecule has 1 unspecified atom stereocenters. The molecule has 0 bridgehead atoms. The highest BCUT2D eigenvalue weighted by atomic mass is 19.4. The predicted octanol–water partition coefficient (Wildman–Crippen LogP) is 5.41. The van der Waals surface area contributed by atoms with Crippen molar-refractivity contribution >= 4 is 17.5 Å². The van der Waals surface area contributed by atoms with Gasteiger partial charge in [-0.25, -0.2) is 27.1 Å². The highest BCUT2D eigenvalue weighted by Gasteiger charge is 2.39. The predicted molar refractivity (Wildman–Crippen MR) is 130 cm³/mol. The number of aliphatic hydroxyl groups excluding tert-OH is 1. The van der Waals surface area contributed by atoms with Crippen LogP contribution in [-0.2, 0) is 4.79 Å². The van der Waals surface area contributed by atoms with Gasteiger partial charge in [0.1, 0.15) is 0 Å². The van der Waals surface area contributed by atoms with Crippen LogP contribution >= 0.6 is 0 Å². The molecule has 15 heteroatoms. The Labute approximate surface area is 228 Å². The minimum atomic E-state index is -4.54. The fraction of sp³-hybridized carbons (Fsp3) is 0.462. The van der Waals surface area contributed by atoms with E-state index in [0.717, 1.165) is 12.3 Å². The van der Waals surface area contributed by atoms with E-state index in [-0.39, 0.29) is 35.3 Å². The topological polar surface area (TPSA) is 109 Å². The number of hydrogen-bond acceptors (Lipinski definition) is 5. The van der Waals surface area contributed by atoms with Gasteiger partial charge in [0.05, 0.1) is 30.6 Å². The lowest BCUT2D eigenvalue weighted by Gasteiger charge is -2.33. The summed E-state index contributed by atoms with van der Waals surface area (Å²) >= 11 is 0. The Balaban J connectivity index is 1.59. The molecule has 3 aromatic rings. The number of fused-ring (bicyclic) bond motifs is 1. The summed E-state index contributed by atoms with van der Waals surface area (Å²) in [5.41, 5.74) is -0.474. The van der Waals surface area contributed by atoms with E-state index in [1.54, 1.807) is 0 Å². The van der Waals surface area contributed by atoms with Crippen LogP contribution in [0.1, 0.15) is 84.4 Å². The number of benzene rings is 1. The smallest absolute Gasteiger partial charge is 0.369 e. The molecule has 0 saturated heterocycles. The highest BCUT2D eigenvalue weighted by Crippen LogP contribution is 2.41. The summed E-state index contributed by atoms with van der Waals surface area (Å²) in [6, 6.07) is 5.45. The SMILES string of the molecule is O=C(CCC(F)(F)F)N[C@H](O)c1cnn2cc(C(NC(=O)c3ccccc3C(F)F)C3CCC(F)(F)CC3)nc2c1. The quantitative estimate of drug-likeness (QED) is 0.229. The number of rotatable bonds is 9. The first-order valence-corrected chi connectivity index (χ1v) is 12.7. The van der Waals surface area contributed by atoms with Gasteiger partial charge in [-0.15, -0.1) is 0 Å². The van der Waals surface area contributed by atoms with Crippen molar-refractivity contribution in [2.75, 3.05) is 0 Å². The molecule has 222 valence electrons. The number of alkyl halides is 7. The number of imidazole rings is 1. The second-order valence-electron chi connectivity index (χ2n) is 9.88. The number of nitrogens with zero attached hydrogens (tertiary/aromatic N) is 3. The minimum Gasteiger partial charge on any atom is -0.369 e. The van der Waals surface area contributed by atoms with Crippen LogP contribution in [0.4, 0.5) is 30.7 Å². The minimum absolute atomic E-state index is 0.00114. The molecule has 1 aliphatic carbocycles. The normalized spacial score (nSPS) is 17.4. The molecule has 1 aliphatic rings. The molecule has 41 heavy (non-hydrogen) atoms. The van der Waals surface area contributed by atoms with Crippen LogP contribution < -0.4 is 10.6 Å². The van der Waals surface area contributed by atoms with Gasteiger partial charge in [-0.3, -0.25) is 9.59 Å². The summed E-state index contributed by atoms with van der Waals surface area (Å²) in [5, 5.41) is 19.1. The summed E-state index contributed by atoms with van der Waals surface area (Å²) in [7, 11) is 0. The van der Waals surface area contributed by atoms with Gasteiger partial charge in [0.15, 0.2) is 11.9 Å².